The van der Waals surface area contributed by atoms with Gasteiger partial charge in [-0.2, -0.15) is 0 Å². The first-order valence-electron chi connectivity index (χ1n) is 11.5. The van der Waals surface area contributed by atoms with Crippen molar-refractivity contribution in [2.75, 3.05) is 0 Å². The molecule has 3 nitrogen and oxygen atoms in total. The lowest BCUT2D eigenvalue weighted by Crippen LogP contribution is -3.18. The van der Waals surface area contributed by atoms with E-state index in [2.05, 4.69) is 45.9 Å². The molecule has 0 aromatic rings. The SMILES string of the molecule is CC(C)=CCCC(C)=CCCC(C)=CCC1C(O)C(C)[NH+]([O-])C2CCCCC12. The van der Waals surface area contributed by atoms with Crippen molar-refractivity contribution >= 4 is 0 Å². The molecule has 2 rings (SSSR count). The van der Waals surface area contributed by atoms with Crippen LogP contribution in [0.3, 0.4) is 0 Å². The standard InChI is InChI=1S/C25H43NO2/c1-18(2)10-8-11-19(3)12-9-13-20(4)16-17-23-22-14-6-7-15-24(22)26(28)21(5)25(23)27/h10,12,16,21-27H,6-9,11,13-15,17H2,1-5H3. The molecule has 1 aliphatic heterocycles. The Kier molecular flexibility index (Phi) is 9.46. The van der Waals surface area contributed by atoms with Crippen molar-refractivity contribution in [2.45, 2.75) is 111 Å². The summed E-state index contributed by atoms with van der Waals surface area (Å²) in [6, 6.07) is 0.0155. The van der Waals surface area contributed by atoms with Gasteiger partial charge in [0.1, 0.15) is 12.1 Å². The summed E-state index contributed by atoms with van der Waals surface area (Å²) in [6.07, 6.45) is 16.5. The zero-order chi connectivity index (χ0) is 20.7. The molecule has 28 heavy (non-hydrogen) atoms. The molecule has 0 radical (unpaired) electrons. The number of fused-ring (bicyclic) bond motifs is 1. The molecule has 6 unspecified atom stereocenters. The summed E-state index contributed by atoms with van der Waals surface area (Å²) < 4.78 is 0. The van der Waals surface area contributed by atoms with E-state index in [4.69, 9.17) is 0 Å². The molecule has 2 N–H and O–H groups in total. The smallest absolute Gasteiger partial charge is 0.111 e. The minimum atomic E-state index is -0.465. The predicted molar refractivity (Wildman–Crippen MR) is 119 cm³/mol. The Morgan fingerprint density at radius 2 is 1.57 bits per heavy atom. The van der Waals surface area contributed by atoms with Crippen molar-refractivity contribution in [3.8, 4) is 0 Å². The lowest BCUT2D eigenvalue weighted by atomic mass is 9.68. The van der Waals surface area contributed by atoms with E-state index in [-0.39, 0.29) is 18.0 Å². The molecular formula is C25H43NO2. The van der Waals surface area contributed by atoms with Gasteiger partial charge in [0.05, 0.1) is 6.04 Å². The van der Waals surface area contributed by atoms with Crippen LogP contribution < -0.4 is 5.06 Å². The highest BCUT2D eigenvalue weighted by Gasteiger charge is 2.47. The number of quaternary nitrogens is 1. The topological polar surface area (TPSA) is 47.7 Å². The third-order valence-corrected chi connectivity index (χ3v) is 7.00. The van der Waals surface area contributed by atoms with E-state index in [1.807, 2.05) is 6.92 Å². The van der Waals surface area contributed by atoms with E-state index in [0.717, 1.165) is 44.9 Å². The van der Waals surface area contributed by atoms with Gasteiger partial charge in [0.25, 0.3) is 0 Å². The molecule has 160 valence electrons. The van der Waals surface area contributed by atoms with Crippen molar-refractivity contribution in [1.29, 1.82) is 0 Å². The highest BCUT2D eigenvalue weighted by molar-refractivity contribution is 5.06. The second kappa shape index (κ2) is 11.3. The van der Waals surface area contributed by atoms with Gasteiger partial charge in [0.15, 0.2) is 0 Å². The lowest BCUT2D eigenvalue weighted by Gasteiger charge is -2.52. The second-order valence-corrected chi connectivity index (χ2v) is 9.60. The summed E-state index contributed by atoms with van der Waals surface area (Å²) in [5, 5.41) is 23.7. The van der Waals surface area contributed by atoms with Crippen molar-refractivity contribution in [1.82, 2.24) is 0 Å². The number of aliphatic hydroxyl groups is 1. The molecule has 0 aromatic heterocycles. The Labute approximate surface area is 173 Å². The van der Waals surface area contributed by atoms with Crippen LogP contribution in [0.5, 0.6) is 0 Å². The molecule has 1 saturated heterocycles. The van der Waals surface area contributed by atoms with Gasteiger partial charge in [0, 0.05) is 11.8 Å². The third kappa shape index (κ3) is 6.57. The molecule has 1 aliphatic carbocycles. The Balaban J connectivity index is 1.86. The fourth-order valence-electron chi connectivity index (χ4n) is 5.15. The van der Waals surface area contributed by atoms with Crippen LogP contribution in [-0.4, -0.2) is 23.3 Å². The number of hydrogen-bond acceptors (Lipinski definition) is 2. The quantitative estimate of drug-likeness (QED) is 0.447. The first-order valence-corrected chi connectivity index (χ1v) is 11.5. The van der Waals surface area contributed by atoms with Gasteiger partial charge in [-0.3, -0.25) is 0 Å². The number of allylic oxidation sites excluding steroid dienone is 6. The Morgan fingerprint density at radius 3 is 2.25 bits per heavy atom. The zero-order valence-corrected chi connectivity index (χ0v) is 18.8. The van der Waals surface area contributed by atoms with Crippen LogP contribution in [0, 0.1) is 17.0 Å². The summed E-state index contributed by atoms with van der Waals surface area (Å²) in [5.74, 6) is 0.656. The fourth-order valence-corrected chi connectivity index (χ4v) is 5.15. The fraction of sp³-hybridized carbons (Fsp3) is 0.760. The van der Waals surface area contributed by atoms with Crippen molar-refractivity contribution in [2.24, 2.45) is 11.8 Å². The summed E-state index contributed by atoms with van der Waals surface area (Å²) in [6.45, 7) is 10.7. The monoisotopic (exact) mass is 389 g/mol. The van der Waals surface area contributed by atoms with E-state index < -0.39 is 6.10 Å². The van der Waals surface area contributed by atoms with Crippen LogP contribution in [0.4, 0.5) is 0 Å². The number of hydrogen-bond donors (Lipinski definition) is 2. The predicted octanol–water partition coefficient (Wildman–Crippen LogP) is 5.12. The van der Waals surface area contributed by atoms with Crippen LogP contribution in [0.15, 0.2) is 34.9 Å². The Hall–Kier alpha value is -0.900. The Morgan fingerprint density at radius 1 is 0.964 bits per heavy atom. The van der Waals surface area contributed by atoms with Gasteiger partial charge in [-0.15, -0.1) is 0 Å². The number of nitrogens with one attached hydrogen (secondary N) is 1. The van der Waals surface area contributed by atoms with E-state index in [1.54, 1.807) is 0 Å². The minimum Gasteiger partial charge on any atom is -0.634 e. The van der Waals surface area contributed by atoms with Gasteiger partial charge in [-0.1, -0.05) is 41.4 Å². The van der Waals surface area contributed by atoms with Gasteiger partial charge < -0.3 is 15.4 Å². The summed E-state index contributed by atoms with van der Waals surface area (Å²) in [5.41, 5.74) is 4.29. The molecule has 1 heterocycles. The van der Waals surface area contributed by atoms with Gasteiger partial charge in [0.2, 0.25) is 0 Å². The molecule has 1 saturated carbocycles. The van der Waals surface area contributed by atoms with Crippen molar-refractivity contribution in [3.63, 3.8) is 0 Å². The first-order chi connectivity index (χ1) is 13.3. The average molecular weight is 390 g/mol. The summed E-state index contributed by atoms with van der Waals surface area (Å²) in [7, 11) is 0. The molecule has 6 atom stereocenters. The molecule has 3 heteroatoms. The largest absolute Gasteiger partial charge is 0.634 e. The maximum atomic E-state index is 12.6. The maximum Gasteiger partial charge on any atom is 0.111 e. The van der Waals surface area contributed by atoms with Crippen molar-refractivity contribution < 1.29 is 10.2 Å². The average Bonchev–Trinajstić information content (AvgIpc) is 2.66. The van der Waals surface area contributed by atoms with Crippen LogP contribution in [-0.2, 0) is 0 Å². The second-order valence-electron chi connectivity index (χ2n) is 9.60. The minimum absolute atomic E-state index is 0.190. The number of aliphatic hydroxyl groups excluding tert-OH is 1. The summed E-state index contributed by atoms with van der Waals surface area (Å²) >= 11 is 0. The molecule has 0 aromatic carbocycles. The van der Waals surface area contributed by atoms with E-state index in [0.29, 0.717) is 11.0 Å². The number of piperidine rings is 1. The molecule has 0 amide bonds. The van der Waals surface area contributed by atoms with E-state index >= 15 is 0 Å². The van der Waals surface area contributed by atoms with Gasteiger partial charge in [-0.25, -0.2) is 0 Å². The molecule has 0 bridgehead atoms. The lowest BCUT2D eigenvalue weighted by molar-refractivity contribution is -0.918. The van der Waals surface area contributed by atoms with E-state index in [9.17, 15) is 10.3 Å². The number of hydroxylamine groups is 2. The van der Waals surface area contributed by atoms with Crippen molar-refractivity contribution in [3.05, 3.63) is 40.2 Å². The highest BCUT2D eigenvalue weighted by atomic mass is 16.5. The Bertz CT molecular complexity index is 573. The number of rotatable bonds is 8. The van der Waals surface area contributed by atoms with Gasteiger partial charge in [-0.05, 0) is 86.0 Å². The molecule has 2 aliphatic rings. The third-order valence-electron chi connectivity index (χ3n) is 7.00. The molecule has 0 spiro atoms. The van der Waals surface area contributed by atoms with Crippen LogP contribution in [0.25, 0.3) is 0 Å². The summed E-state index contributed by atoms with van der Waals surface area (Å²) in [4.78, 5) is 0. The molecular weight excluding hydrogens is 346 g/mol. The zero-order valence-electron chi connectivity index (χ0n) is 18.8. The first kappa shape index (κ1) is 23.4. The van der Waals surface area contributed by atoms with Crippen LogP contribution in [0.2, 0.25) is 0 Å². The van der Waals surface area contributed by atoms with E-state index in [1.165, 1.54) is 29.6 Å². The van der Waals surface area contributed by atoms with Crippen LogP contribution in [0.1, 0.15) is 92.4 Å². The maximum absolute atomic E-state index is 12.6. The van der Waals surface area contributed by atoms with Crippen LogP contribution >= 0.6 is 0 Å². The van der Waals surface area contributed by atoms with Gasteiger partial charge >= 0.3 is 0 Å². The highest BCUT2D eigenvalue weighted by Crippen LogP contribution is 2.37. The molecule has 2 fully saturated rings. The normalized spacial score (nSPS) is 34.1.